The quantitative estimate of drug-likeness (QED) is 0.830. The standard InChI is InChI=1S/C22H28N2O2/c1-5-23-22(26)18(4)24(15-20-13-9-7-11-17(20)3)21(25)14-19-12-8-6-10-16(19)2/h6-13,18H,5,14-15H2,1-4H3,(H,23,26)/t18-/m0/s1. The highest BCUT2D eigenvalue weighted by Crippen LogP contribution is 2.16. The van der Waals surface area contributed by atoms with Crippen LogP contribution < -0.4 is 5.32 Å². The van der Waals surface area contributed by atoms with Crippen LogP contribution in [0, 0.1) is 13.8 Å². The Morgan fingerprint density at radius 3 is 2.04 bits per heavy atom. The molecule has 0 heterocycles. The van der Waals surface area contributed by atoms with E-state index in [2.05, 4.69) is 5.32 Å². The maximum Gasteiger partial charge on any atom is 0.242 e. The molecule has 0 saturated heterocycles. The van der Waals surface area contributed by atoms with Crippen LogP contribution in [0.2, 0.25) is 0 Å². The van der Waals surface area contributed by atoms with Gasteiger partial charge in [0.25, 0.3) is 0 Å². The number of nitrogens with one attached hydrogen (secondary N) is 1. The van der Waals surface area contributed by atoms with E-state index in [-0.39, 0.29) is 11.8 Å². The smallest absolute Gasteiger partial charge is 0.242 e. The van der Waals surface area contributed by atoms with Crippen LogP contribution in [0.15, 0.2) is 48.5 Å². The molecule has 138 valence electrons. The van der Waals surface area contributed by atoms with Crippen molar-refractivity contribution in [1.82, 2.24) is 10.2 Å². The Bertz CT molecular complexity index is 770. The van der Waals surface area contributed by atoms with Crippen molar-refractivity contribution >= 4 is 11.8 Å². The molecule has 4 nitrogen and oxygen atoms in total. The molecule has 0 aliphatic carbocycles. The molecule has 2 aromatic rings. The summed E-state index contributed by atoms with van der Waals surface area (Å²) in [5.74, 6) is -0.166. The Morgan fingerprint density at radius 2 is 1.50 bits per heavy atom. The van der Waals surface area contributed by atoms with Crippen molar-refractivity contribution in [2.75, 3.05) is 6.54 Å². The minimum atomic E-state index is -0.522. The Morgan fingerprint density at radius 1 is 0.962 bits per heavy atom. The first kappa shape index (κ1) is 19.7. The van der Waals surface area contributed by atoms with Crippen molar-refractivity contribution < 1.29 is 9.59 Å². The zero-order chi connectivity index (χ0) is 19.1. The van der Waals surface area contributed by atoms with Gasteiger partial charge in [0.15, 0.2) is 0 Å². The summed E-state index contributed by atoms with van der Waals surface area (Å²) in [6, 6.07) is 15.3. The number of hydrogen-bond acceptors (Lipinski definition) is 2. The zero-order valence-corrected chi connectivity index (χ0v) is 16.1. The van der Waals surface area contributed by atoms with Crippen molar-refractivity contribution in [1.29, 1.82) is 0 Å². The first-order valence-corrected chi connectivity index (χ1v) is 9.10. The third-order valence-electron chi connectivity index (χ3n) is 4.72. The molecular formula is C22H28N2O2. The molecule has 2 rings (SSSR count). The lowest BCUT2D eigenvalue weighted by molar-refractivity contribution is -0.140. The van der Waals surface area contributed by atoms with Gasteiger partial charge in [-0.2, -0.15) is 0 Å². The van der Waals surface area contributed by atoms with Gasteiger partial charge >= 0.3 is 0 Å². The molecule has 0 unspecified atom stereocenters. The lowest BCUT2D eigenvalue weighted by atomic mass is 10.0. The van der Waals surface area contributed by atoms with Gasteiger partial charge in [0, 0.05) is 13.1 Å². The fourth-order valence-corrected chi connectivity index (χ4v) is 2.95. The number of carbonyl (C=O) groups is 2. The zero-order valence-electron chi connectivity index (χ0n) is 16.1. The van der Waals surface area contributed by atoms with Gasteiger partial charge in [-0.1, -0.05) is 48.5 Å². The molecule has 2 amide bonds. The Kier molecular flexibility index (Phi) is 6.96. The van der Waals surface area contributed by atoms with Crippen LogP contribution in [0.3, 0.4) is 0 Å². The van der Waals surface area contributed by atoms with Crippen molar-refractivity contribution in [2.24, 2.45) is 0 Å². The normalized spacial score (nSPS) is 11.7. The second-order valence-electron chi connectivity index (χ2n) is 6.62. The molecular weight excluding hydrogens is 324 g/mol. The number of amides is 2. The van der Waals surface area contributed by atoms with Gasteiger partial charge < -0.3 is 10.2 Å². The third kappa shape index (κ3) is 4.94. The number of rotatable bonds is 7. The lowest BCUT2D eigenvalue weighted by Gasteiger charge is -2.29. The van der Waals surface area contributed by atoms with E-state index in [1.165, 1.54) is 0 Å². The summed E-state index contributed by atoms with van der Waals surface area (Å²) in [7, 11) is 0. The minimum absolute atomic E-state index is 0.0405. The average Bonchev–Trinajstić information content (AvgIpc) is 2.62. The van der Waals surface area contributed by atoms with Crippen LogP contribution >= 0.6 is 0 Å². The summed E-state index contributed by atoms with van der Waals surface area (Å²) in [5.41, 5.74) is 4.25. The van der Waals surface area contributed by atoms with Crippen LogP contribution in [-0.2, 0) is 22.6 Å². The van der Waals surface area contributed by atoms with Gasteiger partial charge in [0.2, 0.25) is 11.8 Å². The topological polar surface area (TPSA) is 49.4 Å². The molecule has 1 N–H and O–H groups in total. The van der Waals surface area contributed by atoms with E-state index in [9.17, 15) is 9.59 Å². The molecule has 0 aliphatic rings. The Balaban J connectivity index is 2.27. The molecule has 0 spiro atoms. The number of benzene rings is 2. The van der Waals surface area contributed by atoms with Crippen LogP contribution in [0.5, 0.6) is 0 Å². The van der Waals surface area contributed by atoms with Gasteiger partial charge in [-0.3, -0.25) is 9.59 Å². The largest absolute Gasteiger partial charge is 0.355 e. The van der Waals surface area contributed by atoms with Gasteiger partial charge in [0.1, 0.15) is 6.04 Å². The highest BCUT2D eigenvalue weighted by molar-refractivity contribution is 5.88. The van der Waals surface area contributed by atoms with E-state index in [1.807, 2.05) is 69.3 Å². The second-order valence-corrected chi connectivity index (χ2v) is 6.62. The number of likely N-dealkylation sites (N-methyl/N-ethyl adjacent to an activating group) is 1. The summed E-state index contributed by atoms with van der Waals surface area (Å²) in [6.45, 7) is 8.67. The fourth-order valence-electron chi connectivity index (χ4n) is 2.95. The maximum absolute atomic E-state index is 13.1. The molecule has 4 heteroatoms. The molecule has 0 saturated carbocycles. The number of hydrogen-bond donors (Lipinski definition) is 1. The number of aryl methyl sites for hydroxylation is 2. The van der Waals surface area contributed by atoms with E-state index in [0.717, 1.165) is 22.3 Å². The van der Waals surface area contributed by atoms with Crippen LogP contribution in [0.4, 0.5) is 0 Å². The van der Waals surface area contributed by atoms with Gasteiger partial charge in [-0.25, -0.2) is 0 Å². The van der Waals surface area contributed by atoms with E-state index >= 15 is 0 Å². The minimum Gasteiger partial charge on any atom is -0.355 e. The third-order valence-corrected chi connectivity index (χ3v) is 4.72. The Labute approximate surface area is 156 Å². The summed E-state index contributed by atoms with van der Waals surface area (Å²) >= 11 is 0. The highest BCUT2D eigenvalue weighted by atomic mass is 16.2. The van der Waals surface area contributed by atoms with Crippen molar-refractivity contribution in [3.8, 4) is 0 Å². The molecule has 0 bridgehead atoms. The van der Waals surface area contributed by atoms with E-state index in [0.29, 0.717) is 19.5 Å². The monoisotopic (exact) mass is 352 g/mol. The first-order valence-electron chi connectivity index (χ1n) is 9.10. The predicted octanol–water partition coefficient (Wildman–Crippen LogP) is 3.40. The molecule has 1 atom stereocenters. The van der Waals surface area contributed by atoms with Crippen LogP contribution in [-0.4, -0.2) is 29.3 Å². The fraction of sp³-hybridized carbons (Fsp3) is 0.364. The van der Waals surface area contributed by atoms with E-state index in [4.69, 9.17) is 0 Å². The lowest BCUT2D eigenvalue weighted by Crippen LogP contribution is -2.48. The van der Waals surface area contributed by atoms with Gasteiger partial charge in [0.05, 0.1) is 6.42 Å². The van der Waals surface area contributed by atoms with Crippen molar-refractivity contribution in [3.05, 3.63) is 70.8 Å². The summed E-state index contributed by atoms with van der Waals surface area (Å²) in [6.07, 6.45) is 0.294. The van der Waals surface area contributed by atoms with E-state index < -0.39 is 6.04 Å². The predicted molar refractivity (Wildman–Crippen MR) is 105 cm³/mol. The van der Waals surface area contributed by atoms with Crippen molar-refractivity contribution in [2.45, 2.75) is 46.7 Å². The SMILES string of the molecule is CCNC(=O)[C@H](C)N(Cc1ccccc1C)C(=O)Cc1ccccc1C. The number of carbonyl (C=O) groups excluding carboxylic acids is 2. The molecule has 0 aliphatic heterocycles. The van der Waals surface area contributed by atoms with E-state index in [1.54, 1.807) is 11.8 Å². The molecule has 0 aromatic heterocycles. The maximum atomic E-state index is 13.1. The number of nitrogens with zero attached hydrogens (tertiary/aromatic N) is 1. The van der Waals surface area contributed by atoms with Gasteiger partial charge in [-0.05, 0) is 49.9 Å². The van der Waals surface area contributed by atoms with Crippen LogP contribution in [0.25, 0.3) is 0 Å². The first-order chi connectivity index (χ1) is 12.4. The summed E-state index contributed by atoms with van der Waals surface area (Å²) < 4.78 is 0. The average molecular weight is 352 g/mol. The highest BCUT2D eigenvalue weighted by Gasteiger charge is 2.26. The molecule has 0 radical (unpaired) electrons. The Hall–Kier alpha value is -2.62. The molecule has 26 heavy (non-hydrogen) atoms. The summed E-state index contributed by atoms with van der Waals surface area (Å²) in [4.78, 5) is 27.1. The second kappa shape index (κ2) is 9.18. The summed E-state index contributed by atoms with van der Waals surface area (Å²) in [5, 5.41) is 2.82. The van der Waals surface area contributed by atoms with Crippen molar-refractivity contribution in [3.63, 3.8) is 0 Å². The molecule has 2 aromatic carbocycles. The molecule has 0 fully saturated rings. The van der Waals surface area contributed by atoms with Gasteiger partial charge in [-0.15, -0.1) is 0 Å². The van der Waals surface area contributed by atoms with Crippen LogP contribution in [0.1, 0.15) is 36.1 Å².